The van der Waals surface area contributed by atoms with Crippen molar-refractivity contribution in [2.75, 3.05) is 10.1 Å². The normalized spacial score (nSPS) is 11.2. The molecule has 6 nitrogen and oxygen atoms in total. The monoisotopic (exact) mass is 442 g/mol. The fraction of sp³-hybridized carbons (Fsp3) is 0. The van der Waals surface area contributed by atoms with Gasteiger partial charge in [0.25, 0.3) is 10.0 Å². The molecule has 0 saturated carbocycles. The van der Waals surface area contributed by atoms with Crippen LogP contribution in [0.5, 0.6) is 0 Å². The number of hydrogen-bond donors (Lipinski definition) is 3. The molecule has 112 valence electrons. The zero-order chi connectivity index (χ0) is 15.6. The highest BCUT2D eigenvalue weighted by molar-refractivity contribution is 14.1. The zero-order valence-electron chi connectivity index (χ0n) is 10.3. The summed E-state index contributed by atoms with van der Waals surface area (Å²) in [5, 5.41) is 0.0641. The first kappa shape index (κ1) is 16.2. The number of aromatic nitrogens is 1. The third-order valence-electron chi connectivity index (χ3n) is 2.44. The Morgan fingerprint density at radius 2 is 2.05 bits per heavy atom. The summed E-state index contributed by atoms with van der Waals surface area (Å²) in [5.74, 6) is 4.87. The van der Waals surface area contributed by atoms with Crippen LogP contribution in [0, 0.1) is 9.39 Å². The lowest BCUT2D eigenvalue weighted by Crippen LogP contribution is -2.15. The molecule has 4 N–H and O–H groups in total. The van der Waals surface area contributed by atoms with Gasteiger partial charge in [0.05, 0.1) is 10.7 Å². The van der Waals surface area contributed by atoms with Crippen molar-refractivity contribution in [3.05, 3.63) is 44.9 Å². The number of hydrazine groups is 1. The first-order valence-corrected chi connectivity index (χ1v) is 8.37. The number of benzene rings is 1. The zero-order valence-corrected chi connectivity index (χ0v) is 14.0. The molecule has 0 unspecified atom stereocenters. The standard InChI is InChI=1S/C11H9ClFIN4O2S/c12-8-4-7(5-16-11(8)17-15)21(19,20)18-10-2-1-6(13)3-9(10)14/h1-5,18H,15H2,(H,16,17). The predicted octanol–water partition coefficient (Wildman–Crippen LogP) is 2.57. The van der Waals surface area contributed by atoms with Crippen molar-refractivity contribution in [1.82, 2.24) is 4.98 Å². The minimum absolute atomic E-state index is 0.0641. The smallest absolute Gasteiger partial charge is 0.263 e. The second-order valence-corrected chi connectivity index (χ2v) is 7.13. The van der Waals surface area contributed by atoms with Gasteiger partial charge in [-0.1, -0.05) is 11.6 Å². The van der Waals surface area contributed by atoms with Crippen molar-refractivity contribution >= 4 is 55.7 Å². The highest BCUT2D eigenvalue weighted by Gasteiger charge is 2.18. The van der Waals surface area contributed by atoms with Gasteiger partial charge >= 0.3 is 0 Å². The Labute approximate surface area is 139 Å². The third kappa shape index (κ3) is 3.73. The van der Waals surface area contributed by atoms with Gasteiger partial charge in [-0.15, -0.1) is 0 Å². The van der Waals surface area contributed by atoms with E-state index in [1.165, 1.54) is 18.2 Å². The molecule has 1 aromatic carbocycles. The second-order valence-electron chi connectivity index (χ2n) is 3.88. The maximum absolute atomic E-state index is 13.0. The van der Waals surface area contributed by atoms with Crippen molar-refractivity contribution in [2.24, 2.45) is 5.84 Å². The quantitative estimate of drug-likeness (QED) is 0.384. The van der Waals surface area contributed by atoms with E-state index in [9.17, 15) is 12.8 Å². The number of rotatable bonds is 4. The first-order chi connectivity index (χ1) is 9.83. The fourth-order valence-corrected chi connectivity index (χ4v) is 3.58. The van der Waals surface area contributed by atoms with Gasteiger partial charge in [0, 0.05) is 9.77 Å². The summed E-state index contributed by atoms with van der Waals surface area (Å²) >= 11 is 7.67. The minimum Gasteiger partial charge on any atom is -0.307 e. The van der Waals surface area contributed by atoms with E-state index in [0.717, 1.165) is 12.3 Å². The number of sulfonamides is 1. The minimum atomic E-state index is -3.89. The molecule has 0 aliphatic rings. The summed E-state index contributed by atoms with van der Waals surface area (Å²) in [7, 11) is -3.89. The van der Waals surface area contributed by atoms with Gasteiger partial charge in [-0.25, -0.2) is 23.6 Å². The number of nitrogens with zero attached hydrogens (tertiary/aromatic N) is 1. The number of halogens is 3. The highest BCUT2D eigenvalue weighted by atomic mass is 127. The van der Waals surface area contributed by atoms with Gasteiger partial charge in [-0.05, 0) is 46.9 Å². The molecule has 0 aliphatic carbocycles. The van der Waals surface area contributed by atoms with Crippen LogP contribution >= 0.6 is 34.2 Å². The predicted molar refractivity (Wildman–Crippen MR) is 87.0 cm³/mol. The largest absolute Gasteiger partial charge is 0.307 e. The van der Waals surface area contributed by atoms with Crippen LogP contribution < -0.4 is 16.0 Å². The van der Waals surface area contributed by atoms with Crippen LogP contribution in [0.25, 0.3) is 0 Å². The van der Waals surface area contributed by atoms with Crippen molar-refractivity contribution in [3.63, 3.8) is 0 Å². The average molecular weight is 443 g/mol. The Bertz CT molecular complexity index is 788. The average Bonchev–Trinajstić information content (AvgIpc) is 2.42. The second kappa shape index (κ2) is 6.30. The Morgan fingerprint density at radius 1 is 1.33 bits per heavy atom. The van der Waals surface area contributed by atoms with Crippen LogP contribution in [0.2, 0.25) is 5.02 Å². The van der Waals surface area contributed by atoms with Crippen molar-refractivity contribution in [3.8, 4) is 0 Å². The molecular formula is C11H9ClFIN4O2S. The molecule has 0 spiro atoms. The number of anilines is 2. The van der Waals surface area contributed by atoms with E-state index in [2.05, 4.69) is 15.1 Å². The summed E-state index contributed by atoms with van der Waals surface area (Å²) < 4.78 is 40.2. The Hall–Kier alpha value is -1.17. The topological polar surface area (TPSA) is 97.1 Å². The molecular weight excluding hydrogens is 434 g/mol. The van der Waals surface area contributed by atoms with E-state index >= 15 is 0 Å². The van der Waals surface area contributed by atoms with Crippen LogP contribution in [0.4, 0.5) is 15.9 Å². The van der Waals surface area contributed by atoms with E-state index in [-0.39, 0.29) is 21.4 Å². The molecule has 2 aromatic rings. The number of pyridine rings is 1. The summed E-state index contributed by atoms with van der Waals surface area (Å²) in [4.78, 5) is 3.66. The molecule has 0 radical (unpaired) electrons. The van der Waals surface area contributed by atoms with E-state index in [1.54, 1.807) is 0 Å². The summed E-state index contributed by atoms with van der Waals surface area (Å²) in [6.07, 6.45) is 1.11. The molecule has 21 heavy (non-hydrogen) atoms. The molecule has 1 aromatic heterocycles. The molecule has 0 amide bonds. The molecule has 1 heterocycles. The van der Waals surface area contributed by atoms with Crippen LogP contribution in [0.15, 0.2) is 35.4 Å². The number of nitrogens with two attached hydrogens (primary N) is 1. The molecule has 0 aliphatic heterocycles. The van der Waals surface area contributed by atoms with Gasteiger partial charge in [-0.3, -0.25) is 4.72 Å². The fourth-order valence-electron chi connectivity index (χ4n) is 1.45. The SMILES string of the molecule is NNc1ncc(S(=O)(=O)Nc2ccc(F)cc2I)cc1Cl. The lowest BCUT2D eigenvalue weighted by atomic mass is 10.3. The molecule has 0 fully saturated rings. The molecule has 2 rings (SSSR count). The maximum atomic E-state index is 13.0. The van der Waals surface area contributed by atoms with Crippen LogP contribution in [-0.4, -0.2) is 13.4 Å². The summed E-state index contributed by atoms with van der Waals surface area (Å²) in [6.45, 7) is 0. The van der Waals surface area contributed by atoms with Crippen LogP contribution in [0.3, 0.4) is 0 Å². The van der Waals surface area contributed by atoms with E-state index in [1.807, 2.05) is 22.6 Å². The van der Waals surface area contributed by atoms with Gasteiger partial charge in [0.15, 0.2) is 5.82 Å². The summed E-state index contributed by atoms with van der Waals surface area (Å²) in [6, 6.07) is 4.92. The van der Waals surface area contributed by atoms with Crippen molar-refractivity contribution in [2.45, 2.75) is 4.90 Å². The van der Waals surface area contributed by atoms with Gasteiger partial charge in [0.2, 0.25) is 0 Å². The van der Waals surface area contributed by atoms with E-state index < -0.39 is 15.8 Å². The Kier molecular flexibility index (Phi) is 4.86. The Morgan fingerprint density at radius 3 is 2.62 bits per heavy atom. The molecule has 0 saturated heterocycles. The molecule has 0 atom stereocenters. The lowest BCUT2D eigenvalue weighted by molar-refractivity contribution is 0.600. The van der Waals surface area contributed by atoms with Gasteiger partial charge in [0.1, 0.15) is 10.7 Å². The van der Waals surface area contributed by atoms with Crippen LogP contribution in [0.1, 0.15) is 0 Å². The molecule has 10 heteroatoms. The third-order valence-corrected chi connectivity index (χ3v) is 4.95. The van der Waals surface area contributed by atoms with Gasteiger partial charge in [-0.2, -0.15) is 0 Å². The molecule has 0 bridgehead atoms. The number of nitrogens with one attached hydrogen (secondary N) is 2. The van der Waals surface area contributed by atoms with Gasteiger partial charge < -0.3 is 5.43 Å². The Balaban J connectivity index is 2.36. The number of nitrogen functional groups attached to an aromatic ring is 1. The van der Waals surface area contributed by atoms with Crippen molar-refractivity contribution in [1.29, 1.82) is 0 Å². The van der Waals surface area contributed by atoms with Crippen LogP contribution in [-0.2, 0) is 10.0 Å². The van der Waals surface area contributed by atoms with E-state index in [0.29, 0.717) is 3.57 Å². The summed E-state index contributed by atoms with van der Waals surface area (Å²) in [5.41, 5.74) is 2.50. The maximum Gasteiger partial charge on any atom is 0.263 e. The van der Waals surface area contributed by atoms with Crippen molar-refractivity contribution < 1.29 is 12.8 Å². The highest BCUT2D eigenvalue weighted by Crippen LogP contribution is 2.25. The first-order valence-electron chi connectivity index (χ1n) is 5.43. The number of hydrogen-bond acceptors (Lipinski definition) is 5. The van der Waals surface area contributed by atoms with E-state index in [4.69, 9.17) is 17.4 Å². The lowest BCUT2D eigenvalue weighted by Gasteiger charge is -2.10.